The van der Waals surface area contributed by atoms with E-state index < -0.39 is 24.0 Å². The lowest BCUT2D eigenvalue weighted by molar-refractivity contribution is -0.130. The van der Waals surface area contributed by atoms with Gasteiger partial charge in [0.2, 0.25) is 0 Å². The van der Waals surface area contributed by atoms with Crippen molar-refractivity contribution in [3.05, 3.63) is 0 Å². The Morgan fingerprint density at radius 2 is 2.23 bits per heavy atom. The van der Waals surface area contributed by atoms with Crippen LogP contribution >= 0.6 is 0 Å². The summed E-state index contributed by atoms with van der Waals surface area (Å²) >= 11 is 0. The third-order valence-electron chi connectivity index (χ3n) is 2.48. The van der Waals surface area contributed by atoms with Crippen LogP contribution in [-0.2, 0) is 0 Å². The summed E-state index contributed by atoms with van der Waals surface area (Å²) in [5, 5.41) is 21.0. The summed E-state index contributed by atoms with van der Waals surface area (Å²) in [6, 6.07) is 0. The highest BCUT2D eigenvalue weighted by molar-refractivity contribution is 5.02. The standard InChI is InChI=1S/C8H15F2NO2/c1-2-6(9)8(10)4-11-3-5(12)7(8)13/h5-7,11-13H,2-4H2,1H3/t5-,6-,7+,8+/m1/s1. The molecule has 0 aromatic heterocycles. The Kier molecular flexibility index (Phi) is 3.21. The van der Waals surface area contributed by atoms with Crippen LogP contribution in [0.4, 0.5) is 8.78 Å². The molecule has 0 aromatic carbocycles. The Morgan fingerprint density at radius 3 is 2.77 bits per heavy atom. The molecule has 13 heavy (non-hydrogen) atoms. The van der Waals surface area contributed by atoms with Crippen LogP contribution in [0.1, 0.15) is 13.3 Å². The second-order valence-electron chi connectivity index (χ2n) is 3.45. The summed E-state index contributed by atoms with van der Waals surface area (Å²) in [5.74, 6) is 0. The molecule has 0 bridgehead atoms. The van der Waals surface area contributed by atoms with Crippen molar-refractivity contribution < 1.29 is 19.0 Å². The molecule has 0 aromatic rings. The fraction of sp³-hybridized carbons (Fsp3) is 1.00. The van der Waals surface area contributed by atoms with Gasteiger partial charge in [-0.3, -0.25) is 0 Å². The third kappa shape index (κ3) is 1.82. The van der Waals surface area contributed by atoms with Crippen LogP contribution in [0.15, 0.2) is 0 Å². The largest absolute Gasteiger partial charge is 0.389 e. The number of β-amino-alcohol motifs (C(OH)–C–C–N with tert-alkyl or cyclic N) is 1. The van der Waals surface area contributed by atoms with Crippen molar-refractivity contribution in [2.24, 2.45) is 0 Å². The number of alkyl halides is 2. The highest BCUT2D eigenvalue weighted by Gasteiger charge is 2.50. The van der Waals surface area contributed by atoms with Crippen LogP contribution in [-0.4, -0.2) is 47.4 Å². The molecule has 4 atom stereocenters. The van der Waals surface area contributed by atoms with E-state index in [1.807, 2.05) is 0 Å². The molecule has 1 rings (SSSR count). The molecule has 1 heterocycles. The predicted octanol–water partition coefficient (Wildman–Crippen LogP) is -0.232. The molecular weight excluding hydrogens is 180 g/mol. The van der Waals surface area contributed by atoms with Gasteiger partial charge in [0.15, 0.2) is 5.67 Å². The monoisotopic (exact) mass is 195 g/mol. The molecule has 0 unspecified atom stereocenters. The first-order valence-corrected chi connectivity index (χ1v) is 4.42. The molecule has 1 aliphatic rings. The van der Waals surface area contributed by atoms with Crippen LogP contribution in [0, 0.1) is 0 Å². The van der Waals surface area contributed by atoms with Crippen LogP contribution in [0.2, 0.25) is 0 Å². The summed E-state index contributed by atoms with van der Waals surface area (Å²) in [6.07, 6.45) is -4.63. The van der Waals surface area contributed by atoms with Gasteiger partial charge in [0.1, 0.15) is 12.3 Å². The number of hydrogen-bond acceptors (Lipinski definition) is 3. The van der Waals surface area contributed by atoms with Crippen LogP contribution in [0.3, 0.4) is 0 Å². The van der Waals surface area contributed by atoms with Crippen molar-refractivity contribution >= 4 is 0 Å². The maximum absolute atomic E-state index is 13.8. The van der Waals surface area contributed by atoms with Gasteiger partial charge in [0.25, 0.3) is 0 Å². The lowest BCUT2D eigenvalue weighted by atomic mass is 9.85. The first kappa shape index (κ1) is 10.8. The minimum atomic E-state index is -2.35. The fourth-order valence-electron chi connectivity index (χ4n) is 1.58. The lowest BCUT2D eigenvalue weighted by Crippen LogP contribution is -2.64. The first-order valence-electron chi connectivity index (χ1n) is 4.42. The van der Waals surface area contributed by atoms with E-state index in [1.54, 1.807) is 0 Å². The van der Waals surface area contributed by atoms with Crippen molar-refractivity contribution in [2.45, 2.75) is 37.4 Å². The maximum atomic E-state index is 13.8. The molecule has 1 aliphatic heterocycles. The summed E-state index contributed by atoms with van der Waals surface area (Å²) < 4.78 is 26.9. The van der Waals surface area contributed by atoms with E-state index in [0.29, 0.717) is 0 Å². The molecule has 1 fully saturated rings. The Bertz CT molecular complexity index is 182. The van der Waals surface area contributed by atoms with E-state index in [9.17, 15) is 13.9 Å². The van der Waals surface area contributed by atoms with Gasteiger partial charge >= 0.3 is 0 Å². The van der Waals surface area contributed by atoms with E-state index >= 15 is 0 Å². The molecule has 3 nitrogen and oxygen atoms in total. The molecule has 5 heteroatoms. The Morgan fingerprint density at radius 1 is 1.62 bits per heavy atom. The summed E-state index contributed by atoms with van der Waals surface area (Å²) in [5.41, 5.74) is -2.35. The molecule has 0 aliphatic carbocycles. The summed E-state index contributed by atoms with van der Waals surface area (Å²) in [7, 11) is 0. The van der Waals surface area contributed by atoms with E-state index in [4.69, 9.17) is 5.11 Å². The zero-order chi connectivity index (χ0) is 10.1. The zero-order valence-corrected chi connectivity index (χ0v) is 7.50. The average molecular weight is 195 g/mol. The van der Waals surface area contributed by atoms with Crippen molar-refractivity contribution in [1.82, 2.24) is 5.32 Å². The third-order valence-corrected chi connectivity index (χ3v) is 2.48. The Hall–Kier alpha value is -0.260. The predicted molar refractivity (Wildman–Crippen MR) is 43.9 cm³/mol. The second kappa shape index (κ2) is 3.86. The molecule has 78 valence electrons. The molecule has 0 radical (unpaired) electrons. The van der Waals surface area contributed by atoms with Gasteiger partial charge in [0, 0.05) is 13.1 Å². The van der Waals surface area contributed by atoms with Crippen LogP contribution < -0.4 is 5.32 Å². The van der Waals surface area contributed by atoms with Crippen molar-refractivity contribution in [2.75, 3.05) is 13.1 Å². The SMILES string of the molecule is CC[C@@H](F)[C@@]1(F)CNC[C@@H](O)[C@@H]1O. The van der Waals surface area contributed by atoms with Gasteiger partial charge in [-0.25, -0.2) is 8.78 Å². The fourth-order valence-corrected chi connectivity index (χ4v) is 1.58. The van der Waals surface area contributed by atoms with E-state index in [2.05, 4.69) is 5.32 Å². The normalized spacial score (nSPS) is 43.2. The van der Waals surface area contributed by atoms with Crippen LogP contribution in [0.25, 0.3) is 0 Å². The van der Waals surface area contributed by atoms with Gasteiger partial charge < -0.3 is 15.5 Å². The minimum absolute atomic E-state index is 0.0119. The number of aliphatic hydroxyl groups excluding tert-OH is 2. The quantitative estimate of drug-likeness (QED) is 0.570. The van der Waals surface area contributed by atoms with E-state index in [-0.39, 0.29) is 19.5 Å². The number of nitrogens with one attached hydrogen (secondary N) is 1. The molecular formula is C8H15F2NO2. The Labute approximate surface area is 75.8 Å². The smallest absolute Gasteiger partial charge is 0.182 e. The molecule has 1 saturated heterocycles. The summed E-state index contributed by atoms with van der Waals surface area (Å²) in [4.78, 5) is 0. The average Bonchev–Trinajstić information content (AvgIpc) is 2.13. The Balaban J connectivity index is 2.74. The number of rotatable bonds is 2. The van der Waals surface area contributed by atoms with Crippen molar-refractivity contribution in [1.29, 1.82) is 0 Å². The van der Waals surface area contributed by atoms with Crippen molar-refractivity contribution in [3.8, 4) is 0 Å². The first-order chi connectivity index (χ1) is 6.02. The molecule has 0 saturated carbocycles. The number of hydrogen-bond donors (Lipinski definition) is 3. The number of aliphatic hydroxyl groups is 2. The minimum Gasteiger partial charge on any atom is -0.389 e. The van der Waals surface area contributed by atoms with Crippen LogP contribution in [0.5, 0.6) is 0 Å². The second-order valence-corrected chi connectivity index (χ2v) is 3.45. The summed E-state index contributed by atoms with van der Waals surface area (Å²) in [6.45, 7) is 1.35. The van der Waals surface area contributed by atoms with E-state index in [1.165, 1.54) is 6.92 Å². The van der Waals surface area contributed by atoms with Gasteiger partial charge in [0.05, 0.1) is 6.10 Å². The highest BCUT2D eigenvalue weighted by Crippen LogP contribution is 2.29. The van der Waals surface area contributed by atoms with Gasteiger partial charge in [-0.1, -0.05) is 6.92 Å². The highest BCUT2D eigenvalue weighted by atomic mass is 19.2. The molecule has 0 amide bonds. The zero-order valence-electron chi connectivity index (χ0n) is 7.50. The number of piperidine rings is 1. The topological polar surface area (TPSA) is 52.5 Å². The van der Waals surface area contributed by atoms with Gasteiger partial charge in [-0.15, -0.1) is 0 Å². The van der Waals surface area contributed by atoms with Crippen molar-refractivity contribution in [3.63, 3.8) is 0 Å². The molecule has 0 spiro atoms. The van der Waals surface area contributed by atoms with Gasteiger partial charge in [-0.2, -0.15) is 0 Å². The van der Waals surface area contributed by atoms with Gasteiger partial charge in [-0.05, 0) is 6.42 Å². The molecule has 3 N–H and O–H groups in total. The maximum Gasteiger partial charge on any atom is 0.182 e. The van der Waals surface area contributed by atoms with E-state index in [0.717, 1.165) is 0 Å². The number of halogens is 2. The lowest BCUT2D eigenvalue weighted by Gasteiger charge is -2.39.